The molecule has 1 aromatic carbocycles. The zero-order valence-electron chi connectivity index (χ0n) is 8.67. The molecule has 78 valence electrons. The molecule has 0 amide bonds. The maximum absolute atomic E-state index is 4.28. The summed E-state index contributed by atoms with van der Waals surface area (Å²) in [5.74, 6) is 0.950. The summed E-state index contributed by atoms with van der Waals surface area (Å²) in [6, 6.07) is 12.1. The average molecular weight is 209 g/mol. The lowest BCUT2D eigenvalue weighted by atomic mass is 10.2. The van der Waals surface area contributed by atoms with Gasteiger partial charge in [-0.25, -0.2) is 0 Å². The zero-order chi connectivity index (χ0) is 10.8. The van der Waals surface area contributed by atoms with Crippen LogP contribution in [-0.4, -0.2) is 10.8 Å². The predicted octanol–water partition coefficient (Wildman–Crippen LogP) is 2.79. The van der Waals surface area contributed by atoms with Crippen LogP contribution in [0.4, 0.5) is 5.69 Å². The number of benzene rings is 1. The van der Waals surface area contributed by atoms with Crippen molar-refractivity contribution in [2.45, 2.75) is 0 Å². The van der Waals surface area contributed by atoms with Gasteiger partial charge < -0.3 is 9.88 Å². The fourth-order valence-corrected chi connectivity index (χ4v) is 1.71. The third kappa shape index (κ3) is 1.52. The van der Waals surface area contributed by atoms with Crippen LogP contribution in [0, 0.1) is 0 Å². The second-order valence-corrected chi connectivity index (χ2v) is 3.60. The van der Waals surface area contributed by atoms with Gasteiger partial charge in [-0.1, -0.05) is 18.2 Å². The second kappa shape index (κ2) is 3.70. The van der Waals surface area contributed by atoms with Crippen LogP contribution in [-0.2, 0) is 0 Å². The number of nitrogens with one attached hydrogen (secondary N) is 1. The lowest BCUT2D eigenvalue weighted by Gasteiger charge is -2.11. The van der Waals surface area contributed by atoms with E-state index in [4.69, 9.17) is 0 Å². The summed E-state index contributed by atoms with van der Waals surface area (Å²) in [5.41, 5.74) is 2.17. The van der Waals surface area contributed by atoms with E-state index in [-0.39, 0.29) is 0 Å². The molecule has 1 aliphatic rings. The number of para-hydroxylation sites is 1. The molecule has 0 fully saturated rings. The average Bonchev–Trinajstić information content (AvgIpc) is 2.75. The van der Waals surface area contributed by atoms with Crippen molar-refractivity contribution >= 4 is 17.7 Å². The van der Waals surface area contributed by atoms with E-state index >= 15 is 0 Å². The highest BCUT2D eigenvalue weighted by Gasteiger charge is 2.05. The van der Waals surface area contributed by atoms with E-state index in [1.54, 1.807) is 0 Å². The fraction of sp³-hybridized carbons (Fsp3) is 0. The fourth-order valence-electron chi connectivity index (χ4n) is 1.71. The number of fused-ring (bicyclic) bond motifs is 1. The highest BCUT2D eigenvalue weighted by atomic mass is 15.1. The van der Waals surface area contributed by atoms with Gasteiger partial charge in [0.25, 0.3) is 0 Å². The summed E-state index contributed by atoms with van der Waals surface area (Å²) in [6.07, 6.45) is 7.66. The van der Waals surface area contributed by atoms with Crippen LogP contribution < -0.4 is 5.32 Å². The van der Waals surface area contributed by atoms with Crippen LogP contribution in [0.2, 0.25) is 0 Å². The standard InChI is InChI=1S/C13H11N3/c1-2-6-12-11(5-1)9-14-10-13(15-12)16-7-3-4-8-16/h1-10,15H. The molecule has 0 saturated heterocycles. The zero-order valence-corrected chi connectivity index (χ0v) is 8.67. The lowest BCUT2D eigenvalue weighted by Crippen LogP contribution is -2.04. The second-order valence-electron chi connectivity index (χ2n) is 3.60. The monoisotopic (exact) mass is 209 g/mol. The van der Waals surface area contributed by atoms with E-state index < -0.39 is 0 Å². The Morgan fingerprint density at radius 2 is 1.81 bits per heavy atom. The van der Waals surface area contributed by atoms with Gasteiger partial charge >= 0.3 is 0 Å². The quantitative estimate of drug-likeness (QED) is 0.768. The molecule has 1 aliphatic heterocycles. The van der Waals surface area contributed by atoms with Gasteiger partial charge in [-0.15, -0.1) is 0 Å². The van der Waals surface area contributed by atoms with Gasteiger partial charge in [-0.2, -0.15) is 0 Å². The van der Waals surface area contributed by atoms with E-state index in [2.05, 4.69) is 10.3 Å². The van der Waals surface area contributed by atoms with Crippen LogP contribution in [0.1, 0.15) is 5.56 Å². The van der Waals surface area contributed by atoms with Gasteiger partial charge in [0.15, 0.2) is 0 Å². The molecule has 0 spiro atoms. The number of nitrogens with zero attached hydrogens (tertiary/aromatic N) is 2. The van der Waals surface area contributed by atoms with Crippen molar-refractivity contribution in [2.75, 3.05) is 5.32 Å². The largest absolute Gasteiger partial charge is 0.340 e. The molecule has 0 unspecified atom stereocenters. The molecular weight excluding hydrogens is 198 g/mol. The summed E-state index contributed by atoms with van der Waals surface area (Å²) in [5, 5.41) is 3.36. The molecule has 3 nitrogen and oxygen atoms in total. The third-order valence-electron chi connectivity index (χ3n) is 2.52. The highest BCUT2D eigenvalue weighted by Crippen LogP contribution is 2.19. The Morgan fingerprint density at radius 3 is 2.69 bits per heavy atom. The smallest absolute Gasteiger partial charge is 0.133 e. The summed E-state index contributed by atoms with van der Waals surface area (Å²) in [7, 11) is 0. The molecule has 1 N–H and O–H groups in total. The maximum Gasteiger partial charge on any atom is 0.133 e. The van der Waals surface area contributed by atoms with Gasteiger partial charge in [0, 0.05) is 29.9 Å². The molecule has 3 rings (SSSR count). The summed E-state index contributed by atoms with van der Waals surface area (Å²) < 4.78 is 2.00. The minimum Gasteiger partial charge on any atom is -0.340 e. The molecule has 1 aromatic heterocycles. The number of hydrogen-bond acceptors (Lipinski definition) is 2. The first kappa shape index (κ1) is 8.97. The minimum absolute atomic E-state index is 0.950. The van der Waals surface area contributed by atoms with Gasteiger partial charge in [-0.3, -0.25) is 4.99 Å². The van der Waals surface area contributed by atoms with Crippen LogP contribution in [0.5, 0.6) is 0 Å². The number of hydrogen-bond donors (Lipinski definition) is 1. The predicted molar refractivity (Wildman–Crippen MR) is 66.4 cm³/mol. The SMILES string of the molecule is C1=NC=C(n2cccc2)Nc2ccccc21. The Morgan fingerprint density at radius 1 is 1.00 bits per heavy atom. The Bertz CT molecular complexity index is 550. The molecule has 16 heavy (non-hydrogen) atoms. The summed E-state index contributed by atoms with van der Waals surface area (Å²) >= 11 is 0. The normalized spacial score (nSPS) is 13.6. The Labute approximate surface area is 93.8 Å². The molecule has 0 atom stereocenters. The molecular formula is C13H11N3. The van der Waals surface area contributed by atoms with E-state index in [9.17, 15) is 0 Å². The first-order valence-corrected chi connectivity index (χ1v) is 5.16. The van der Waals surface area contributed by atoms with Crippen LogP contribution >= 0.6 is 0 Å². The van der Waals surface area contributed by atoms with Gasteiger partial charge in [0.05, 0.1) is 6.20 Å². The van der Waals surface area contributed by atoms with E-state index in [1.165, 1.54) is 0 Å². The Balaban J connectivity index is 2.03. The van der Waals surface area contributed by atoms with E-state index in [0.717, 1.165) is 17.1 Å². The van der Waals surface area contributed by atoms with Crippen LogP contribution in [0.25, 0.3) is 5.82 Å². The van der Waals surface area contributed by atoms with Crippen molar-refractivity contribution in [1.29, 1.82) is 0 Å². The number of rotatable bonds is 1. The number of anilines is 1. The molecule has 0 bridgehead atoms. The Hall–Kier alpha value is -2.29. The van der Waals surface area contributed by atoms with Gasteiger partial charge in [0.1, 0.15) is 5.82 Å². The van der Waals surface area contributed by atoms with Crippen molar-refractivity contribution in [1.82, 2.24) is 4.57 Å². The molecule has 2 aromatic rings. The number of aromatic nitrogens is 1. The molecule has 3 heteroatoms. The first-order chi connectivity index (χ1) is 7.93. The highest BCUT2D eigenvalue weighted by molar-refractivity contribution is 5.91. The molecule has 0 radical (unpaired) electrons. The van der Waals surface area contributed by atoms with Gasteiger partial charge in [0.2, 0.25) is 0 Å². The van der Waals surface area contributed by atoms with Crippen molar-refractivity contribution in [3.8, 4) is 0 Å². The number of aliphatic imine (C=N–C) groups is 1. The molecule has 2 heterocycles. The van der Waals surface area contributed by atoms with E-state index in [1.807, 2.05) is 65.8 Å². The van der Waals surface area contributed by atoms with Crippen molar-refractivity contribution < 1.29 is 0 Å². The lowest BCUT2D eigenvalue weighted by molar-refractivity contribution is 1.10. The van der Waals surface area contributed by atoms with Crippen molar-refractivity contribution in [2.24, 2.45) is 4.99 Å². The Kier molecular flexibility index (Phi) is 2.07. The van der Waals surface area contributed by atoms with Crippen LogP contribution in [0.15, 0.2) is 60.0 Å². The molecule has 0 aliphatic carbocycles. The summed E-state index contributed by atoms with van der Waals surface area (Å²) in [6.45, 7) is 0. The van der Waals surface area contributed by atoms with Crippen LogP contribution in [0.3, 0.4) is 0 Å². The maximum atomic E-state index is 4.28. The van der Waals surface area contributed by atoms with Gasteiger partial charge in [-0.05, 0) is 18.2 Å². The summed E-state index contributed by atoms with van der Waals surface area (Å²) in [4.78, 5) is 4.28. The van der Waals surface area contributed by atoms with E-state index in [0.29, 0.717) is 0 Å². The van der Waals surface area contributed by atoms with Crippen molar-refractivity contribution in [3.05, 3.63) is 60.6 Å². The first-order valence-electron chi connectivity index (χ1n) is 5.16. The molecule has 0 saturated carbocycles. The topological polar surface area (TPSA) is 29.3 Å². The minimum atomic E-state index is 0.950. The third-order valence-corrected chi connectivity index (χ3v) is 2.52. The van der Waals surface area contributed by atoms with Crippen molar-refractivity contribution in [3.63, 3.8) is 0 Å².